The average molecular weight is 234 g/mol. The van der Waals surface area contributed by atoms with Crippen LogP contribution in [0.4, 0.5) is 5.95 Å². The van der Waals surface area contributed by atoms with Gasteiger partial charge in [-0.1, -0.05) is 6.07 Å². The number of hydrogen-bond acceptors (Lipinski definition) is 4. The number of nitrogens with one attached hydrogen (secondary N) is 1. The minimum absolute atomic E-state index is 0.258. The first-order chi connectivity index (χ1) is 8.15. The second-order valence-electron chi connectivity index (χ2n) is 4.29. The van der Waals surface area contributed by atoms with Crippen molar-refractivity contribution in [2.24, 2.45) is 0 Å². The molecular weight excluding hydrogens is 216 g/mol. The molecule has 0 amide bonds. The lowest BCUT2D eigenvalue weighted by molar-refractivity contribution is 0.0870. The largest absolute Gasteiger partial charge is 0.377 e. The first-order valence-corrected chi connectivity index (χ1v) is 5.83. The molecule has 0 bridgehead atoms. The minimum Gasteiger partial charge on any atom is -0.377 e. The van der Waals surface area contributed by atoms with E-state index in [0.717, 1.165) is 11.2 Å². The normalized spacial score (nSPS) is 11.3. The third-order valence-corrected chi connectivity index (χ3v) is 2.32. The Morgan fingerprint density at radius 2 is 2.24 bits per heavy atom. The molecule has 0 aliphatic carbocycles. The fourth-order valence-corrected chi connectivity index (χ4v) is 1.52. The van der Waals surface area contributed by atoms with Gasteiger partial charge < -0.3 is 10.1 Å². The summed E-state index contributed by atoms with van der Waals surface area (Å²) in [6.45, 7) is 7.45. The van der Waals surface area contributed by atoms with Crippen LogP contribution in [0.1, 0.15) is 19.4 Å². The lowest BCUT2D eigenvalue weighted by atomic mass is 10.3. The van der Waals surface area contributed by atoms with Crippen LogP contribution < -0.4 is 5.32 Å². The Morgan fingerprint density at radius 1 is 1.41 bits per heavy atom. The SMILES string of the molecule is Cc1ccc2nc(NCCOC(C)C)nn2c1. The van der Waals surface area contributed by atoms with Crippen LogP contribution in [0, 0.1) is 6.92 Å². The van der Waals surface area contributed by atoms with Crippen molar-refractivity contribution in [2.75, 3.05) is 18.5 Å². The van der Waals surface area contributed by atoms with Crippen molar-refractivity contribution < 1.29 is 4.74 Å². The highest BCUT2D eigenvalue weighted by Gasteiger charge is 2.02. The summed E-state index contributed by atoms with van der Waals surface area (Å²) in [7, 11) is 0. The molecule has 0 fully saturated rings. The summed E-state index contributed by atoms with van der Waals surface area (Å²) in [4.78, 5) is 4.36. The molecule has 2 aromatic heterocycles. The van der Waals surface area contributed by atoms with Gasteiger partial charge in [0.15, 0.2) is 5.65 Å². The van der Waals surface area contributed by atoms with Crippen LogP contribution >= 0.6 is 0 Å². The predicted molar refractivity (Wildman–Crippen MR) is 67.3 cm³/mol. The van der Waals surface area contributed by atoms with Crippen molar-refractivity contribution in [3.63, 3.8) is 0 Å². The fourth-order valence-electron chi connectivity index (χ4n) is 1.52. The zero-order valence-electron chi connectivity index (χ0n) is 10.5. The molecule has 0 aromatic carbocycles. The number of ether oxygens (including phenoxy) is 1. The van der Waals surface area contributed by atoms with Crippen LogP contribution in [0.5, 0.6) is 0 Å². The van der Waals surface area contributed by atoms with E-state index in [1.165, 1.54) is 0 Å². The Labute approximate surface area is 101 Å². The number of nitrogens with zero attached hydrogens (tertiary/aromatic N) is 3. The van der Waals surface area contributed by atoms with Crippen molar-refractivity contribution in [1.29, 1.82) is 0 Å². The summed E-state index contributed by atoms with van der Waals surface area (Å²) < 4.78 is 7.21. The van der Waals surface area contributed by atoms with Gasteiger partial charge in [0.05, 0.1) is 12.7 Å². The fraction of sp³-hybridized carbons (Fsp3) is 0.500. The Bertz CT molecular complexity index is 492. The van der Waals surface area contributed by atoms with Crippen molar-refractivity contribution in [3.8, 4) is 0 Å². The number of aromatic nitrogens is 3. The Hall–Kier alpha value is -1.62. The number of anilines is 1. The Morgan fingerprint density at radius 3 is 3.00 bits per heavy atom. The highest BCUT2D eigenvalue weighted by atomic mass is 16.5. The average Bonchev–Trinajstić information content (AvgIpc) is 2.66. The van der Waals surface area contributed by atoms with E-state index in [-0.39, 0.29) is 6.10 Å². The molecule has 17 heavy (non-hydrogen) atoms. The maximum Gasteiger partial charge on any atom is 0.243 e. The number of rotatable bonds is 5. The van der Waals surface area contributed by atoms with Crippen molar-refractivity contribution in [1.82, 2.24) is 14.6 Å². The molecule has 0 saturated heterocycles. The third-order valence-electron chi connectivity index (χ3n) is 2.32. The molecule has 0 unspecified atom stereocenters. The van der Waals surface area contributed by atoms with Crippen LogP contribution in [0.15, 0.2) is 18.3 Å². The second kappa shape index (κ2) is 5.14. The molecule has 92 valence electrons. The zero-order valence-corrected chi connectivity index (χ0v) is 10.5. The van der Waals surface area contributed by atoms with E-state index in [0.29, 0.717) is 19.1 Å². The summed E-state index contributed by atoms with van der Waals surface area (Å²) in [5.74, 6) is 0.642. The molecule has 2 heterocycles. The van der Waals surface area contributed by atoms with Crippen LogP contribution in [0.2, 0.25) is 0 Å². The summed E-state index contributed by atoms with van der Waals surface area (Å²) in [5.41, 5.74) is 2.01. The molecule has 0 radical (unpaired) electrons. The van der Waals surface area contributed by atoms with Gasteiger partial charge in [0, 0.05) is 12.7 Å². The maximum absolute atomic E-state index is 5.43. The van der Waals surface area contributed by atoms with Gasteiger partial charge in [-0.15, -0.1) is 5.10 Å². The van der Waals surface area contributed by atoms with Gasteiger partial charge in [0.25, 0.3) is 0 Å². The standard InChI is InChI=1S/C12H18N4O/c1-9(2)17-7-6-13-12-14-11-5-4-10(3)8-16(11)15-12/h4-5,8-9H,6-7H2,1-3H3,(H,13,15). The first-order valence-electron chi connectivity index (χ1n) is 5.83. The van der Waals surface area contributed by atoms with Gasteiger partial charge in [-0.2, -0.15) is 4.98 Å². The molecule has 0 aliphatic rings. The van der Waals surface area contributed by atoms with E-state index in [1.54, 1.807) is 4.52 Å². The molecule has 0 atom stereocenters. The molecule has 5 nitrogen and oxygen atoms in total. The van der Waals surface area contributed by atoms with E-state index in [1.807, 2.05) is 39.1 Å². The topological polar surface area (TPSA) is 51.5 Å². The van der Waals surface area contributed by atoms with E-state index in [2.05, 4.69) is 15.4 Å². The maximum atomic E-state index is 5.43. The molecule has 0 aliphatic heterocycles. The molecular formula is C12H18N4O. The van der Waals surface area contributed by atoms with E-state index in [9.17, 15) is 0 Å². The number of hydrogen-bond donors (Lipinski definition) is 1. The van der Waals surface area contributed by atoms with Gasteiger partial charge in [-0.05, 0) is 32.4 Å². The van der Waals surface area contributed by atoms with Crippen LogP contribution in [-0.4, -0.2) is 33.9 Å². The summed E-state index contributed by atoms with van der Waals surface area (Å²) in [6, 6.07) is 3.98. The van der Waals surface area contributed by atoms with E-state index < -0.39 is 0 Å². The summed E-state index contributed by atoms with van der Waals surface area (Å²) in [5, 5.41) is 7.47. The van der Waals surface area contributed by atoms with Gasteiger partial charge in [0.2, 0.25) is 5.95 Å². The molecule has 2 rings (SSSR count). The quantitative estimate of drug-likeness (QED) is 0.802. The lowest BCUT2D eigenvalue weighted by Gasteiger charge is -2.06. The zero-order chi connectivity index (χ0) is 12.3. The van der Waals surface area contributed by atoms with E-state index in [4.69, 9.17) is 4.74 Å². The number of fused-ring (bicyclic) bond motifs is 1. The molecule has 0 saturated carbocycles. The van der Waals surface area contributed by atoms with Gasteiger partial charge in [-0.3, -0.25) is 0 Å². The summed E-state index contributed by atoms with van der Waals surface area (Å²) in [6.07, 6.45) is 2.21. The highest BCUT2D eigenvalue weighted by molar-refractivity contribution is 5.43. The number of pyridine rings is 1. The van der Waals surface area contributed by atoms with E-state index >= 15 is 0 Å². The smallest absolute Gasteiger partial charge is 0.243 e. The molecule has 1 N–H and O–H groups in total. The van der Waals surface area contributed by atoms with Crippen molar-refractivity contribution in [3.05, 3.63) is 23.9 Å². The predicted octanol–water partition coefficient (Wildman–Crippen LogP) is 1.87. The molecule has 2 aromatic rings. The second-order valence-corrected chi connectivity index (χ2v) is 4.29. The minimum atomic E-state index is 0.258. The lowest BCUT2D eigenvalue weighted by Crippen LogP contribution is -2.13. The van der Waals surface area contributed by atoms with Gasteiger partial charge >= 0.3 is 0 Å². The molecule has 0 spiro atoms. The van der Waals surface area contributed by atoms with Crippen molar-refractivity contribution >= 4 is 11.6 Å². The van der Waals surface area contributed by atoms with Crippen LogP contribution in [0.3, 0.4) is 0 Å². The van der Waals surface area contributed by atoms with Crippen LogP contribution in [-0.2, 0) is 4.74 Å². The highest BCUT2D eigenvalue weighted by Crippen LogP contribution is 2.06. The Balaban J connectivity index is 1.95. The van der Waals surface area contributed by atoms with Gasteiger partial charge in [0.1, 0.15) is 0 Å². The molecule has 5 heteroatoms. The first kappa shape index (κ1) is 11.9. The summed E-state index contributed by atoms with van der Waals surface area (Å²) >= 11 is 0. The van der Waals surface area contributed by atoms with Crippen LogP contribution in [0.25, 0.3) is 5.65 Å². The Kier molecular flexibility index (Phi) is 3.58. The van der Waals surface area contributed by atoms with Gasteiger partial charge in [-0.25, -0.2) is 4.52 Å². The van der Waals surface area contributed by atoms with Crippen molar-refractivity contribution in [2.45, 2.75) is 26.9 Å². The monoisotopic (exact) mass is 234 g/mol. The third kappa shape index (κ3) is 3.17. The number of aryl methyl sites for hydroxylation is 1.